The van der Waals surface area contributed by atoms with Crippen molar-refractivity contribution < 1.29 is 14.1 Å². The normalized spacial score (nSPS) is 11.3. The third-order valence-corrected chi connectivity index (χ3v) is 4.80. The zero-order valence-corrected chi connectivity index (χ0v) is 15.4. The van der Waals surface area contributed by atoms with Crippen LogP contribution in [0.3, 0.4) is 0 Å². The van der Waals surface area contributed by atoms with Gasteiger partial charge in [-0.15, -0.1) is 11.3 Å². The molecule has 0 unspecified atom stereocenters. The van der Waals surface area contributed by atoms with Crippen LogP contribution in [0.5, 0.6) is 0 Å². The number of fused-ring (bicyclic) bond motifs is 1. The summed E-state index contributed by atoms with van der Waals surface area (Å²) in [5.74, 6) is 0.0667. The van der Waals surface area contributed by atoms with Crippen molar-refractivity contribution in [1.82, 2.24) is 15.1 Å². The van der Waals surface area contributed by atoms with Gasteiger partial charge in [-0.2, -0.15) is 4.98 Å². The molecule has 0 bridgehead atoms. The second kappa shape index (κ2) is 7.69. The highest BCUT2D eigenvalue weighted by Gasteiger charge is 2.10. The van der Waals surface area contributed by atoms with Gasteiger partial charge in [0.25, 0.3) is 5.89 Å². The Morgan fingerprint density at radius 1 is 1.19 bits per heavy atom. The van der Waals surface area contributed by atoms with Crippen molar-refractivity contribution in [2.24, 2.45) is 0 Å². The molecule has 0 fully saturated rings. The highest BCUT2D eigenvalue weighted by atomic mass is 35.5. The van der Waals surface area contributed by atoms with E-state index in [0.29, 0.717) is 10.8 Å². The number of para-hydroxylation sites is 1. The van der Waals surface area contributed by atoms with Crippen molar-refractivity contribution in [3.05, 3.63) is 70.5 Å². The minimum absolute atomic E-state index is 0.115. The lowest BCUT2D eigenvalue weighted by molar-refractivity contribution is -0.139. The highest BCUT2D eigenvalue weighted by Crippen LogP contribution is 2.22. The average Bonchev–Trinajstić information content (AvgIpc) is 3.31. The van der Waals surface area contributed by atoms with E-state index in [4.69, 9.17) is 20.9 Å². The van der Waals surface area contributed by atoms with E-state index in [-0.39, 0.29) is 12.5 Å². The number of ether oxygens (including phenoxy) is 1. The summed E-state index contributed by atoms with van der Waals surface area (Å²) in [6, 6.07) is 14.9. The molecule has 0 aliphatic heterocycles. The summed E-state index contributed by atoms with van der Waals surface area (Å²) in [4.78, 5) is 20.5. The van der Waals surface area contributed by atoms with Crippen LogP contribution in [0.2, 0.25) is 5.02 Å². The Kier molecular flexibility index (Phi) is 4.95. The van der Waals surface area contributed by atoms with Gasteiger partial charge in [-0.1, -0.05) is 41.0 Å². The molecule has 2 aromatic carbocycles. The number of thiazole rings is 1. The fourth-order valence-corrected chi connectivity index (χ4v) is 3.40. The van der Waals surface area contributed by atoms with Gasteiger partial charge in [-0.25, -0.2) is 9.78 Å². The third kappa shape index (κ3) is 4.21. The molecule has 2 aromatic heterocycles. The van der Waals surface area contributed by atoms with Crippen LogP contribution in [0, 0.1) is 0 Å². The smallest absolute Gasteiger partial charge is 0.331 e. The Bertz CT molecular complexity index is 1100. The van der Waals surface area contributed by atoms with E-state index in [1.54, 1.807) is 24.3 Å². The molecule has 8 heteroatoms. The van der Waals surface area contributed by atoms with E-state index in [0.717, 1.165) is 20.8 Å². The standard InChI is InChI=1S/C19H12ClN3O3S/c20-13-5-3-4-12(10-13)19-22-16(26-23-19)11-25-18(24)9-8-17-21-14-6-1-2-7-15(14)27-17/h1-10H,11H2/b9-8+. The molecule has 2 heterocycles. The lowest BCUT2D eigenvalue weighted by Gasteiger charge is -1.96. The van der Waals surface area contributed by atoms with E-state index >= 15 is 0 Å². The van der Waals surface area contributed by atoms with E-state index < -0.39 is 5.97 Å². The molecule has 0 N–H and O–H groups in total. The topological polar surface area (TPSA) is 78.1 Å². The second-order valence-electron chi connectivity index (χ2n) is 5.48. The summed E-state index contributed by atoms with van der Waals surface area (Å²) in [6.07, 6.45) is 2.95. The van der Waals surface area contributed by atoms with Crippen LogP contribution in [0.25, 0.3) is 27.7 Å². The van der Waals surface area contributed by atoms with E-state index in [1.165, 1.54) is 17.4 Å². The zero-order valence-electron chi connectivity index (χ0n) is 13.8. The van der Waals surface area contributed by atoms with Crippen molar-refractivity contribution in [2.45, 2.75) is 6.61 Å². The van der Waals surface area contributed by atoms with E-state index in [9.17, 15) is 4.79 Å². The summed E-state index contributed by atoms with van der Waals surface area (Å²) in [7, 11) is 0. The SMILES string of the molecule is O=C(/C=C/c1nc2ccccc2s1)OCc1nc(-c2cccc(Cl)c2)no1. The molecule has 0 spiro atoms. The first-order valence-corrected chi connectivity index (χ1v) is 9.16. The number of aromatic nitrogens is 3. The Morgan fingerprint density at radius 3 is 2.93 bits per heavy atom. The Hall–Kier alpha value is -3.03. The van der Waals surface area contributed by atoms with E-state index in [2.05, 4.69) is 15.1 Å². The van der Waals surface area contributed by atoms with Crippen molar-refractivity contribution in [2.75, 3.05) is 0 Å². The van der Waals surface area contributed by atoms with Crippen LogP contribution in [0.4, 0.5) is 0 Å². The first-order chi connectivity index (χ1) is 13.2. The Balaban J connectivity index is 1.36. The van der Waals surface area contributed by atoms with Crippen LogP contribution < -0.4 is 0 Å². The molecule has 4 aromatic rings. The predicted octanol–water partition coefficient (Wildman–Crippen LogP) is 4.76. The van der Waals surface area contributed by atoms with Gasteiger partial charge in [-0.05, 0) is 30.3 Å². The molecule has 0 aliphatic carbocycles. The maximum absolute atomic E-state index is 11.9. The fourth-order valence-electron chi connectivity index (χ4n) is 2.34. The van der Waals surface area contributed by atoms with E-state index in [1.807, 2.05) is 30.3 Å². The van der Waals surface area contributed by atoms with Gasteiger partial charge in [0.2, 0.25) is 5.82 Å². The van der Waals surface area contributed by atoms with Crippen molar-refractivity contribution in [3.63, 3.8) is 0 Å². The molecule has 0 radical (unpaired) electrons. The largest absolute Gasteiger partial charge is 0.452 e. The summed E-state index contributed by atoms with van der Waals surface area (Å²) >= 11 is 7.45. The number of benzene rings is 2. The van der Waals surface area contributed by atoms with Crippen molar-refractivity contribution >= 4 is 45.2 Å². The molecule has 0 aliphatic rings. The maximum atomic E-state index is 11.9. The van der Waals surface area contributed by atoms with Crippen LogP contribution in [-0.4, -0.2) is 21.1 Å². The van der Waals surface area contributed by atoms with Crippen LogP contribution in [0.15, 0.2) is 59.1 Å². The quantitative estimate of drug-likeness (QED) is 0.357. The number of hydrogen-bond acceptors (Lipinski definition) is 7. The lowest BCUT2D eigenvalue weighted by atomic mass is 10.2. The molecule has 0 amide bonds. The van der Waals surface area contributed by atoms with Crippen LogP contribution in [-0.2, 0) is 16.1 Å². The molecule has 134 valence electrons. The number of halogens is 1. The molecular weight excluding hydrogens is 386 g/mol. The summed E-state index contributed by atoms with van der Waals surface area (Å²) in [5, 5.41) is 5.17. The number of nitrogens with zero attached hydrogens (tertiary/aromatic N) is 3. The first-order valence-electron chi connectivity index (χ1n) is 7.96. The predicted molar refractivity (Wildman–Crippen MR) is 103 cm³/mol. The average molecular weight is 398 g/mol. The molecule has 0 saturated carbocycles. The van der Waals surface area contributed by atoms with Crippen LogP contribution >= 0.6 is 22.9 Å². The molecule has 0 atom stereocenters. The third-order valence-electron chi connectivity index (χ3n) is 3.56. The monoisotopic (exact) mass is 397 g/mol. The van der Waals surface area contributed by atoms with Gasteiger partial charge in [-0.3, -0.25) is 0 Å². The number of hydrogen-bond donors (Lipinski definition) is 0. The first kappa shape index (κ1) is 17.4. The van der Waals surface area contributed by atoms with Gasteiger partial charge in [0.1, 0.15) is 5.01 Å². The summed E-state index contributed by atoms with van der Waals surface area (Å²) in [6.45, 7) is -0.115. The zero-order chi connectivity index (χ0) is 18.6. The lowest BCUT2D eigenvalue weighted by Crippen LogP contribution is -2.00. The number of carbonyl (C=O) groups excluding carboxylic acids is 1. The highest BCUT2D eigenvalue weighted by molar-refractivity contribution is 7.19. The van der Waals surface area contributed by atoms with Gasteiger partial charge in [0.05, 0.1) is 10.2 Å². The Labute approximate surface area is 163 Å². The van der Waals surface area contributed by atoms with Gasteiger partial charge >= 0.3 is 5.97 Å². The minimum atomic E-state index is -0.517. The molecule has 6 nitrogen and oxygen atoms in total. The minimum Gasteiger partial charge on any atom is -0.452 e. The summed E-state index contributed by atoms with van der Waals surface area (Å²) in [5.41, 5.74) is 1.62. The van der Waals surface area contributed by atoms with Crippen molar-refractivity contribution in [3.8, 4) is 11.4 Å². The number of carbonyl (C=O) groups is 1. The Morgan fingerprint density at radius 2 is 2.07 bits per heavy atom. The van der Waals surface area contributed by atoms with Crippen LogP contribution in [0.1, 0.15) is 10.9 Å². The molecule has 0 saturated heterocycles. The summed E-state index contributed by atoms with van der Waals surface area (Å²) < 4.78 is 11.3. The molecule has 4 rings (SSSR count). The van der Waals surface area contributed by atoms with Gasteiger partial charge in [0, 0.05) is 16.7 Å². The van der Waals surface area contributed by atoms with Gasteiger partial charge < -0.3 is 9.26 Å². The molecular formula is C19H12ClN3O3S. The van der Waals surface area contributed by atoms with Gasteiger partial charge in [0.15, 0.2) is 6.61 Å². The second-order valence-corrected chi connectivity index (χ2v) is 6.98. The number of rotatable bonds is 5. The van der Waals surface area contributed by atoms with Crippen molar-refractivity contribution in [1.29, 1.82) is 0 Å². The number of esters is 1. The molecule has 27 heavy (non-hydrogen) atoms. The maximum Gasteiger partial charge on any atom is 0.331 e. The fraction of sp³-hybridized carbons (Fsp3) is 0.0526.